The lowest BCUT2D eigenvalue weighted by atomic mass is 9.77. The van der Waals surface area contributed by atoms with Gasteiger partial charge in [0.25, 0.3) is 0 Å². The maximum atomic E-state index is 10.0. The van der Waals surface area contributed by atoms with Crippen LogP contribution in [0.3, 0.4) is 0 Å². The first-order valence-electron chi connectivity index (χ1n) is 11.4. The number of nitrogens with zero attached hydrogens (tertiary/aromatic N) is 7. The molecule has 1 aliphatic carbocycles. The van der Waals surface area contributed by atoms with Crippen LogP contribution >= 0.6 is 0 Å². The van der Waals surface area contributed by atoms with Crippen LogP contribution in [0.25, 0.3) is 16.6 Å². The first-order chi connectivity index (χ1) is 15.9. The Hall–Kier alpha value is -3.40. The fourth-order valence-corrected chi connectivity index (χ4v) is 5.24. The summed E-state index contributed by atoms with van der Waals surface area (Å²) in [7, 11) is 1.62. The molecule has 0 radical (unpaired) electrons. The molecule has 4 aromatic rings. The number of nitrogens with two attached hydrogens (primary N) is 1. The van der Waals surface area contributed by atoms with Gasteiger partial charge in [-0.05, 0) is 44.7 Å². The topological polar surface area (TPSA) is 120 Å². The summed E-state index contributed by atoms with van der Waals surface area (Å²) in [6, 6.07) is 6.04. The largest absolute Gasteiger partial charge is 0.494 e. The molecule has 6 rings (SSSR count). The first-order valence-corrected chi connectivity index (χ1v) is 11.4. The van der Waals surface area contributed by atoms with Gasteiger partial charge in [-0.15, -0.1) is 5.10 Å². The quantitative estimate of drug-likeness (QED) is 0.489. The highest BCUT2D eigenvalue weighted by atomic mass is 16.5. The minimum absolute atomic E-state index is 0.187. The van der Waals surface area contributed by atoms with Crippen molar-refractivity contribution < 1.29 is 9.84 Å². The van der Waals surface area contributed by atoms with Gasteiger partial charge in [0, 0.05) is 30.6 Å². The Bertz CT molecular complexity index is 1340. The van der Waals surface area contributed by atoms with E-state index in [4.69, 9.17) is 20.6 Å². The first kappa shape index (κ1) is 20.2. The van der Waals surface area contributed by atoms with Crippen LogP contribution in [-0.2, 0) is 0 Å². The van der Waals surface area contributed by atoms with Crippen LogP contribution < -0.4 is 15.4 Å². The summed E-state index contributed by atoms with van der Waals surface area (Å²) in [5, 5.41) is 20.2. The molecule has 1 aromatic carbocycles. The van der Waals surface area contributed by atoms with E-state index in [0.29, 0.717) is 22.9 Å². The molecule has 33 heavy (non-hydrogen) atoms. The van der Waals surface area contributed by atoms with Crippen LogP contribution in [0, 0.1) is 0 Å². The number of aliphatic hydroxyl groups is 1. The normalized spacial score (nSPS) is 25.5. The third kappa shape index (κ3) is 3.36. The van der Waals surface area contributed by atoms with Gasteiger partial charge in [0.05, 0.1) is 30.6 Å². The van der Waals surface area contributed by atoms with Crippen molar-refractivity contribution in [2.45, 2.75) is 50.2 Å². The molecule has 0 bridgehead atoms. The van der Waals surface area contributed by atoms with Crippen LogP contribution in [0.4, 0.5) is 11.6 Å². The van der Waals surface area contributed by atoms with E-state index in [-0.39, 0.29) is 12.0 Å². The van der Waals surface area contributed by atoms with Crippen molar-refractivity contribution in [1.29, 1.82) is 0 Å². The molecule has 1 saturated heterocycles. The monoisotopic (exact) mass is 448 g/mol. The standard InChI is InChI=1S/C23H28N8O2/c1-23(32)9-15(10-23)30-13-16(11-25-30)29-8-4-5-14(12-29)20-27-21-17-6-3-7-18(33-2)19(17)26-22(24)31(21)28-20/h3,6-7,11,13-15,32H,4-5,8-10,12H2,1-2H3,(H2,24,26)/t14-,15?,23?/m1/s1. The van der Waals surface area contributed by atoms with Gasteiger partial charge in [-0.3, -0.25) is 4.68 Å². The van der Waals surface area contributed by atoms with Gasteiger partial charge in [0.1, 0.15) is 11.3 Å². The predicted molar refractivity (Wildman–Crippen MR) is 125 cm³/mol. The summed E-state index contributed by atoms with van der Waals surface area (Å²) >= 11 is 0. The number of piperidine rings is 1. The van der Waals surface area contributed by atoms with Crippen molar-refractivity contribution in [3.8, 4) is 5.75 Å². The SMILES string of the molecule is COc1cccc2c1nc(N)n1nc([C@@H]3CCCN(c4cnn(C5CC(C)(O)C5)c4)C3)nc21. The smallest absolute Gasteiger partial charge is 0.223 e. The zero-order valence-corrected chi connectivity index (χ0v) is 18.8. The maximum Gasteiger partial charge on any atom is 0.223 e. The second-order valence-electron chi connectivity index (χ2n) is 9.55. The van der Waals surface area contributed by atoms with Crippen molar-refractivity contribution in [3.63, 3.8) is 0 Å². The molecule has 1 atom stereocenters. The molecule has 2 fully saturated rings. The minimum Gasteiger partial charge on any atom is -0.494 e. The number of hydrogen-bond acceptors (Lipinski definition) is 8. The molecule has 2 aliphatic rings. The zero-order chi connectivity index (χ0) is 22.7. The van der Waals surface area contributed by atoms with E-state index in [1.165, 1.54) is 0 Å². The fraction of sp³-hybridized carbons (Fsp3) is 0.478. The predicted octanol–water partition coefficient (Wildman–Crippen LogP) is 2.53. The molecule has 3 N–H and O–H groups in total. The van der Waals surface area contributed by atoms with E-state index in [1.54, 1.807) is 11.6 Å². The van der Waals surface area contributed by atoms with E-state index in [2.05, 4.69) is 21.2 Å². The van der Waals surface area contributed by atoms with Crippen LogP contribution in [0.5, 0.6) is 5.75 Å². The van der Waals surface area contributed by atoms with Crippen LogP contribution in [0.2, 0.25) is 0 Å². The second kappa shape index (κ2) is 7.31. The molecular weight excluding hydrogens is 420 g/mol. The fourth-order valence-electron chi connectivity index (χ4n) is 5.24. The molecule has 3 aromatic heterocycles. The lowest BCUT2D eigenvalue weighted by molar-refractivity contribution is -0.0543. The number of ether oxygens (including phenoxy) is 1. The summed E-state index contributed by atoms with van der Waals surface area (Å²) in [6.45, 7) is 3.67. The second-order valence-corrected chi connectivity index (χ2v) is 9.55. The molecule has 4 heterocycles. The van der Waals surface area contributed by atoms with E-state index in [1.807, 2.05) is 36.0 Å². The van der Waals surface area contributed by atoms with Crippen molar-refractivity contribution in [3.05, 3.63) is 36.4 Å². The van der Waals surface area contributed by atoms with E-state index in [0.717, 1.165) is 55.7 Å². The molecule has 1 aliphatic heterocycles. The Morgan fingerprint density at radius 2 is 2.09 bits per heavy atom. The summed E-state index contributed by atoms with van der Waals surface area (Å²) in [5.41, 5.74) is 8.16. The molecule has 1 saturated carbocycles. The van der Waals surface area contributed by atoms with E-state index < -0.39 is 5.60 Å². The summed E-state index contributed by atoms with van der Waals surface area (Å²) in [5.74, 6) is 1.93. The number of fused-ring (bicyclic) bond motifs is 3. The number of benzene rings is 1. The Morgan fingerprint density at radius 3 is 2.88 bits per heavy atom. The zero-order valence-electron chi connectivity index (χ0n) is 18.8. The molecule has 10 nitrogen and oxygen atoms in total. The summed E-state index contributed by atoms with van der Waals surface area (Å²) in [6.07, 6.45) is 7.58. The van der Waals surface area contributed by atoms with Gasteiger partial charge >= 0.3 is 0 Å². The summed E-state index contributed by atoms with van der Waals surface area (Å²) < 4.78 is 9.08. The maximum absolute atomic E-state index is 10.0. The molecule has 0 spiro atoms. The van der Waals surface area contributed by atoms with Crippen molar-refractivity contribution in [2.75, 3.05) is 30.8 Å². The van der Waals surface area contributed by atoms with Crippen LogP contribution in [-0.4, -0.2) is 60.3 Å². The number of hydrogen-bond donors (Lipinski definition) is 2. The number of anilines is 2. The van der Waals surface area contributed by atoms with Gasteiger partial charge in [-0.2, -0.15) is 9.61 Å². The van der Waals surface area contributed by atoms with Crippen molar-refractivity contribution >= 4 is 28.2 Å². The Morgan fingerprint density at radius 1 is 1.24 bits per heavy atom. The van der Waals surface area contributed by atoms with Crippen molar-refractivity contribution in [1.82, 2.24) is 29.4 Å². The number of para-hydroxylation sites is 1. The third-order valence-electron chi connectivity index (χ3n) is 6.99. The van der Waals surface area contributed by atoms with Gasteiger partial charge < -0.3 is 20.5 Å². The third-order valence-corrected chi connectivity index (χ3v) is 6.99. The lowest BCUT2D eigenvalue weighted by Gasteiger charge is -2.40. The summed E-state index contributed by atoms with van der Waals surface area (Å²) in [4.78, 5) is 11.8. The lowest BCUT2D eigenvalue weighted by Crippen LogP contribution is -2.42. The molecule has 0 unspecified atom stereocenters. The highest BCUT2D eigenvalue weighted by Crippen LogP contribution is 2.41. The van der Waals surface area contributed by atoms with Gasteiger partial charge in [0.15, 0.2) is 11.5 Å². The van der Waals surface area contributed by atoms with Gasteiger partial charge in [0.2, 0.25) is 5.95 Å². The van der Waals surface area contributed by atoms with Crippen molar-refractivity contribution in [2.24, 2.45) is 0 Å². The van der Waals surface area contributed by atoms with Crippen LogP contribution in [0.15, 0.2) is 30.6 Å². The number of aromatic nitrogens is 6. The molecular formula is C23H28N8O2. The van der Waals surface area contributed by atoms with E-state index in [9.17, 15) is 5.11 Å². The number of nitrogen functional groups attached to an aromatic ring is 1. The van der Waals surface area contributed by atoms with Gasteiger partial charge in [-0.1, -0.05) is 6.07 Å². The van der Waals surface area contributed by atoms with Gasteiger partial charge in [-0.25, -0.2) is 9.97 Å². The molecule has 10 heteroatoms. The number of rotatable bonds is 4. The highest BCUT2D eigenvalue weighted by Gasteiger charge is 2.40. The van der Waals surface area contributed by atoms with E-state index >= 15 is 0 Å². The molecule has 172 valence electrons. The average Bonchev–Trinajstić information content (AvgIpc) is 3.46. The Labute approximate surface area is 191 Å². The Balaban J connectivity index is 1.28. The highest BCUT2D eigenvalue weighted by molar-refractivity contribution is 5.95. The Kier molecular flexibility index (Phi) is 4.48. The number of methoxy groups -OCH3 is 1. The molecule has 0 amide bonds. The van der Waals surface area contributed by atoms with Crippen LogP contribution in [0.1, 0.15) is 50.4 Å². The average molecular weight is 449 g/mol. The minimum atomic E-state index is -0.563.